The molecule has 0 fully saturated rings. The average molecular weight is 396 g/mol. The van der Waals surface area contributed by atoms with Gasteiger partial charge in [0.05, 0.1) is 7.11 Å². The van der Waals surface area contributed by atoms with Crippen LogP contribution >= 0.6 is 11.6 Å². The van der Waals surface area contributed by atoms with E-state index in [0.717, 1.165) is 29.0 Å². The zero-order chi connectivity index (χ0) is 19.8. The first-order chi connectivity index (χ1) is 13.6. The summed E-state index contributed by atoms with van der Waals surface area (Å²) in [7, 11) is 1.64. The van der Waals surface area contributed by atoms with Crippen molar-refractivity contribution in [1.29, 1.82) is 0 Å². The second-order valence-electron chi connectivity index (χ2n) is 6.26. The number of hydrogen-bond acceptors (Lipinski definition) is 4. The number of carbonyl (C=O) groups excluding carboxylic acids is 1. The zero-order valence-electron chi connectivity index (χ0n) is 15.6. The Morgan fingerprint density at radius 2 is 1.75 bits per heavy atom. The van der Waals surface area contributed by atoms with E-state index in [2.05, 4.69) is 15.6 Å². The number of pyridine rings is 1. The maximum absolute atomic E-state index is 12.4. The molecule has 0 saturated carbocycles. The van der Waals surface area contributed by atoms with Crippen LogP contribution in [0.15, 0.2) is 66.9 Å². The van der Waals surface area contributed by atoms with Crippen molar-refractivity contribution in [3.63, 3.8) is 0 Å². The van der Waals surface area contributed by atoms with Gasteiger partial charge in [-0.05, 0) is 53.9 Å². The molecule has 3 rings (SSSR count). The van der Waals surface area contributed by atoms with Crippen LogP contribution in [0.4, 0.5) is 5.69 Å². The molecule has 0 saturated heterocycles. The lowest BCUT2D eigenvalue weighted by Gasteiger charge is -2.09. The molecule has 5 nitrogen and oxygen atoms in total. The van der Waals surface area contributed by atoms with Gasteiger partial charge in [0.1, 0.15) is 11.4 Å². The number of amides is 1. The van der Waals surface area contributed by atoms with Crippen LogP contribution in [0.3, 0.4) is 0 Å². The second kappa shape index (κ2) is 9.76. The molecule has 0 aliphatic carbocycles. The van der Waals surface area contributed by atoms with Crippen LogP contribution in [0.1, 0.15) is 21.6 Å². The number of ether oxygens (including phenoxy) is 1. The first-order valence-corrected chi connectivity index (χ1v) is 9.37. The molecule has 0 aliphatic rings. The highest BCUT2D eigenvalue weighted by Crippen LogP contribution is 2.14. The summed E-state index contributed by atoms with van der Waals surface area (Å²) in [5.41, 5.74) is 3.46. The van der Waals surface area contributed by atoms with Gasteiger partial charge in [0.2, 0.25) is 0 Å². The van der Waals surface area contributed by atoms with Gasteiger partial charge in [0, 0.05) is 30.0 Å². The van der Waals surface area contributed by atoms with Gasteiger partial charge in [0.25, 0.3) is 5.91 Å². The Labute approximate surface area is 169 Å². The molecule has 0 spiro atoms. The molecule has 28 heavy (non-hydrogen) atoms. The fraction of sp³-hybridized carbons (Fsp3) is 0.182. The quantitative estimate of drug-likeness (QED) is 0.596. The van der Waals surface area contributed by atoms with Crippen molar-refractivity contribution in [2.45, 2.75) is 13.0 Å². The number of carbonyl (C=O) groups is 1. The number of hydrogen-bond donors (Lipinski definition) is 2. The first-order valence-electron chi connectivity index (χ1n) is 8.99. The van der Waals surface area contributed by atoms with Gasteiger partial charge < -0.3 is 15.4 Å². The van der Waals surface area contributed by atoms with E-state index in [9.17, 15) is 4.79 Å². The van der Waals surface area contributed by atoms with E-state index < -0.39 is 0 Å². The third-order valence-electron chi connectivity index (χ3n) is 4.26. The molecule has 0 unspecified atom stereocenters. The van der Waals surface area contributed by atoms with E-state index in [1.165, 1.54) is 0 Å². The number of halogens is 1. The summed E-state index contributed by atoms with van der Waals surface area (Å²) in [5, 5.41) is 6.91. The molecule has 1 amide bonds. The molecule has 0 atom stereocenters. The summed E-state index contributed by atoms with van der Waals surface area (Å²) in [5.74, 6) is 0.628. The normalized spacial score (nSPS) is 10.4. The topological polar surface area (TPSA) is 63.2 Å². The van der Waals surface area contributed by atoms with Crippen molar-refractivity contribution >= 4 is 23.2 Å². The highest BCUT2D eigenvalue weighted by Gasteiger charge is 2.07. The van der Waals surface area contributed by atoms with Crippen LogP contribution < -0.4 is 15.4 Å². The summed E-state index contributed by atoms with van der Waals surface area (Å²) in [6.07, 6.45) is 2.37. The maximum Gasteiger partial charge on any atom is 0.269 e. The number of aromatic nitrogens is 1. The van der Waals surface area contributed by atoms with Gasteiger partial charge in [-0.25, -0.2) is 0 Å². The third kappa shape index (κ3) is 5.72. The van der Waals surface area contributed by atoms with Gasteiger partial charge in [-0.15, -0.1) is 0 Å². The van der Waals surface area contributed by atoms with Crippen molar-refractivity contribution in [1.82, 2.24) is 10.3 Å². The van der Waals surface area contributed by atoms with Crippen molar-refractivity contribution in [2.75, 3.05) is 19.0 Å². The summed E-state index contributed by atoms with van der Waals surface area (Å²) >= 11 is 5.90. The molecule has 1 aromatic heterocycles. The Balaban J connectivity index is 1.50. The minimum Gasteiger partial charge on any atom is -0.497 e. The molecule has 0 aliphatic heterocycles. The van der Waals surface area contributed by atoms with E-state index in [-0.39, 0.29) is 5.91 Å². The largest absolute Gasteiger partial charge is 0.497 e. The Morgan fingerprint density at radius 1 is 1.04 bits per heavy atom. The molecule has 1 heterocycles. The molecule has 144 valence electrons. The predicted octanol–water partition coefficient (Wildman–Crippen LogP) is 4.33. The van der Waals surface area contributed by atoms with Crippen LogP contribution in [0.2, 0.25) is 5.02 Å². The third-order valence-corrected chi connectivity index (χ3v) is 4.51. The molecule has 0 bridgehead atoms. The molecule has 2 aromatic carbocycles. The Hall–Kier alpha value is -3.05. The summed E-state index contributed by atoms with van der Waals surface area (Å²) in [6.45, 7) is 1.18. The van der Waals surface area contributed by atoms with Crippen molar-refractivity contribution in [3.8, 4) is 5.75 Å². The minimum atomic E-state index is -0.191. The lowest BCUT2D eigenvalue weighted by molar-refractivity contribution is 0.0949. The highest BCUT2D eigenvalue weighted by atomic mass is 35.5. The molecule has 3 aromatic rings. The van der Waals surface area contributed by atoms with Crippen LogP contribution in [-0.2, 0) is 13.0 Å². The smallest absolute Gasteiger partial charge is 0.269 e. The predicted molar refractivity (Wildman–Crippen MR) is 112 cm³/mol. The van der Waals surface area contributed by atoms with Crippen LogP contribution in [-0.4, -0.2) is 24.5 Å². The van der Waals surface area contributed by atoms with E-state index in [4.69, 9.17) is 16.3 Å². The number of methoxy groups -OCH3 is 1. The van der Waals surface area contributed by atoms with Gasteiger partial charge >= 0.3 is 0 Å². The molecule has 6 heteroatoms. The van der Waals surface area contributed by atoms with E-state index in [1.54, 1.807) is 19.4 Å². The molecule has 2 N–H and O–H groups in total. The maximum atomic E-state index is 12.4. The van der Waals surface area contributed by atoms with Gasteiger partial charge in [0.15, 0.2) is 0 Å². The Kier molecular flexibility index (Phi) is 6.87. The monoisotopic (exact) mass is 395 g/mol. The van der Waals surface area contributed by atoms with Crippen molar-refractivity contribution in [2.24, 2.45) is 0 Å². The summed E-state index contributed by atoms with van der Waals surface area (Å²) in [6, 6.07) is 19.0. The van der Waals surface area contributed by atoms with E-state index in [0.29, 0.717) is 23.8 Å². The molecular formula is C22H22ClN3O2. The second-order valence-corrected chi connectivity index (χ2v) is 6.70. The fourth-order valence-electron chi connectivity index (χ4n) is 2.67. The lowest BCUT2D eigenvalue weighted by atomic mass is 10.1. The van der Waals surface area contributed by atoms with Crippen molar-refractivity contribution in [3.05, 3.63) is 88.7 Å². The first kappa shape index (κ1) is 19.7. The molecular weight excluding hydrogens is 374 g/mol. The minimum absolute atomic E-state index is 0.191. The number of benzene rings is 2. The Bertz CT molecular complexity index is 912. The molecule has 0 radical (unpaired) electrons. The van der Waals surface area contributed by atoms with Crippen molar-refractivity contribution < 1.29 is 9.53 Å². The average Bonchev–Trinajstić information content (AvgIpc) is 2.74. The van der Waals surface area contributed by atoms with Crippen LogP contribution in [0.25, 0.3) is 0 Å². The van der Waals surface area contributed by atoms with E-state index >= 15 is 0 Å². The van der Waals surface area contributed by atoms with Gasteiger partial charge in [-0.2, -0.15) is 0 Å². The van der Waals surface area contributed by atoms with Crippen LogP contribution in [0, 0.1) is 0 Å². The van der Waals surface area contributed by atoms with Gasteiger partial charge in [-0.1, -0.05) is 35.9 Å². The summed E-state index contributed by atoms with van der Waals surface area (Å²) < 4.78 is 5.14. The SMILES string of the molecule is COc1ccc(CCNC(=O)c2cc(NCc3ccc(Cl)cc3)ccn2)cc1. The highest BCUT2D eigenvalue weighted by molar-refractivity contribution is 6.30. The van der Waals surface area contributed by atoms with Crippen LogP contribution in [0.5, 0.6) is 5.75 Å². The number of anilines is 1. The number of nitrogens with zero attached hydrogens (tertiary/aromatic N) is 1. The lowest BCUT2D eigenvalue weighted by Crippen LogP contribution is -2.26. The standard InChI is InChI=1S/C22H22ClN3O2/c1-28-20-8-4-16(5-9-20)10-12-25-22(27)21-14-19(11-13-24-21)26-15-17-2-6-18(23)7-3-17/h2-9,11,13-14H,10,12,15H2,1H3,(H,24,26)(H,25,27). The fourth-order valence-corrected chi connectivity index (χ4v) is 2.80. The summed E-state index contributed by atoms with van der Waals surface area (Å²) in [4.78, 5) is 16.5. The zero-order valence-corrected chi connectivity index (χ0v) is 16.4. The number of rotatable bonds is 8. The number of nitrogens with one attached hydrogen (secondary N) is 2. The Morgan fingerprint density at radius 3 is 2.46 bits per heavy atom. The van der Waals surface area contributed by atoms with Gasteiger partial charge in [-0.3, -0.25) is 9.78 Å². The van der Waals surface area contributed by atoms with E-state index in [1.807, 2.05) is 54.6 Å².